The molecule has 2 fully saturated rings. The molecular weight excluding hydrogens is 244 g/mol. The third-order valence-electron chi connectivity index (χ3n) is 4.58. The topological polar surface area (TPSA) is 15.3 Å². The molecule has 0 spiro atoms. The maximum Gasteiger partial charge on any atom is 0.0233 e. The summed E-state index contributed by atoms with van der Waals surface area (Å²) < 4.78 is 0. The first-order chi connectivity index (χ1) is 9.61. The highest BCUT2D eigenvalue weighted by Crippen LogP contribution is 2.29. The van der Waals surface area contributed by atoms with Crippen LogP contribution in [0.1, 0.15) is 50.7 Å². The summed E-state index contributed by atoms with van der Waals surface area (Å²) in [6, 6.07) is 10.0. The van der Waals surface area contributed by atoms with Crippen LogP contribution in [-0.4, -0.2) is 24.0 Å². The molecule has 1 aromatic carbocycles. The van der Waals surface area contributed by atoms with Crippen molar-refractivity contribution in [1.29, 1.82) is 0 Å². The molecule has 1 saturated carbocycles. The fourth-order valence-corrected chi connectivity index (χ4v) is 3.25. The Labute approximate surface area is 123 Å². The Morgan fingerprint density at radius 3 is 2.50 bits per heavy atom. The van der Waals surface area contributed by atoms with Gasteiger partial charge in [0.05, 0.1) is 0 Å². The number of benzene rings is 1. The van der Waals surface area contributed by atoms with Gasteiger partial charge in [0.2, 0.25) is 0 Å². The van der Waals surface area contributed by atoms with Gasteiger partial charge in [0.25, 0.3) is 0 Å². The molecule has 0 aromatic heterocycles. The smallest absolute Gasteiger partial charge is 0.0233 e. The van der Waals surface area contributed by atoms with Gasteiger partial charge in [0, 0.05) is 25.7 Å². The van der Waals surface area contributed by atoms with Crippen LogP contribution in [0, 0.1) is 5.41 Å². The van der Waals surface area contributed by atoms with E-state index in [1.807, 2.05) is 0 Å². The van der Waals surface area contributed by atoms with Gasteiger partial charge in [0.15, 0.2) is 0 Å². The Kier molecular flexibility index (Phi) is 4.13. The summed E-state index contributed by atoms with van der Waals surface area (Å²) in [4.78, 5) is 2.61. The van der Waals surface area contributed by atoms with Gasteiger partial charge in [-0.25, -0.2) is 0 Å². The van der Waals surface area contributed by atoms with Gasteiger partial charge < -0.3 is 5.32 Å². The Bertz CT molecular complexity index is 431. The number of likely N-dealkylation sites (tertiary alicyclic amines) is 1. The van der Waals surface area contributed by atoms with Crippen molar-refractivity contribution in [1.82, 2.24) is 10.2 Å². The van der Waals surface area contributed by atoms with E-state index in [0.717, 1.165) is 19.1 Å². The van der Waals surface area contributed by atoms with E-state index in [4.69, 9.17) is 0 Å². The highest BCUT2D eigenvalue weighted by Gasteiger charge is 2.26. The summed E-state index contributed by atoms with van der Waals surface area (Å²) in [6.07, 6.45) is 5.44. The fourth-order valence-electron chi connectivity index (χ4n) is 3.25. The molecule has 3 rings (SSSR count). The lowest BCUT2D eigenvalue weighted by Crippen LogP contribution is -2.39. The minimum Gasteiger partial charge on any atom is -0.310 e. The van der Waals surface area contributed by atoms with Crippen molar-refractivity contribution >= 4 is 0 Å². The summed E-state index contributed by atoms with van der Waals surface area (Å²) >= 11 is 0. The van der Waals surface area contributed by atoms with Crippen LogP contribution in [-0.2, 0) is 13.1 Å². The summed E-state index contributed by atoms with van der Waals surface area (Å²) in [5.41, 5.74) is 3.37. The summed E-state index contributed by atoms with van der Waals surface area (Å²) in [7, 11) is 0. The van der Waals surface area contributed by atoms with Crippen LogP contribution >= 0.6 is 0 Å². The molecule has 1 heterocycles. The molecule has 0 amide bonds. The van der Waals surface area contributed by atoms with Gasteiger partial charge >= 0.3 is 0 Å². The highest BCUT2D eigenvalue weighted by atomic mass is 15.1. The summed E-state index contributed by atoms with van der Waals surface area (Å²) in [5.74, 6) is 0. The molecule has 1 aliphatic heterocycles. The molecule has 110 valence electrons. The zero-order valence-corrected chi connectivity index (χ0v) is 13.0. The van der Waals surface area contributed by atoms with Crippen molar-refractivity contribution < 1.29 is 0 Å². The quantitative estimate of drug-likeness (QED) is 0.881. The normalized spacial score (nSPS) is 22.9. The lowest BCUT2D eigenvalue weighted by molar-refractivity contribution is 0.111. The second kappa shape index (κ2) is 5.87. The van der Waals surface area contributed by atoms with Crippen LogP contribution in [0.2, 0.25) is 0 Å². The van der Waals surface area contributed by atoms with Crippen molar-refractivity contribution in [3.8, 4) is 0 Å². The number of hydrogen-bond donors (Lipinski definition) is 1. The molecule has 2 nitrogen and oxygen atoms in total. The van der Waals surface area contributed by atoms with Crippen molar-refractivity contribution in [3.63, 3.8) is 0 Å². The molecule has 1 N–H and O–H groups in total. The number of nitrogens with zero attached hydrogens (tertiary/aromatic N) is 1. The maximum absolute atomic E-state index is 3.57. The van der Waals surface area contributed by atoms with Crippen molar-refractivity contribution in [3.05, 3.63) is 35.4 Å². The monoisotopic (exact) mass is 272 g/mol. The van der Waals surface area contributed by atoms with E-state index in [9.17, 15) is 0 Å². The maximum atomic E-state index is 3.57. The fraction of sp³-hybridized carbons (Fsp3) is 0.667. The zero-order chi connectivity index (χ0) is 14.0. The SMILES string of the molecule is CC1(C)CCCN(Cc2ccc(CNC3CC3)cc2)C1. The molecule has 1 aromatic rings. The molecule has 0 atom stereocenters. The minimum atomic E-state index is 0.492. The molecular formula is C18H28N2. The second-order valence-electron chi connectivity index (χ2n) is 7.45. The highest BCUT2D eigenvalue weighted by molar-refractivity contribution is 5.22. The van der Waals surface area contributed by atoms with Crippen molar-refractivity contribution in [2.24, 2.45) is 5.41 Å². The predicted molar refractivity (Wildman–Crippen MR) is 84.6 cm³/mol. The van der Waals surface area contributed by atoms with Crippen molar-refractivity contribution in [2.75, 3.05) is 13.1 Å². The first-order valence-corrected chi connectivity index (χ1v) is 8.14. The number of nitrogens with one attached hydrogen (secondary N) is 1. The Morgan fingerprint density at radius 1 is 1.15 bits per heavy atom. The van der Waals surface area contributed by atoms with E-state index in [2.05, 4.69) is 48.3 Å². The van der Waals surface area contributed by atoms with Gasteiger partial charge in [-0.15, -0.1) is 0 Å². The molecule has 1 aliphatic carbocycles. The van der Waals surface area contributed by atoms with Crippen LogP contribution in [0.5, 0.6) is 0 Å². The number of hydrogen-bond acceptors (Lipinski definition) is 2. The lowest BCUT2D eigenvalue weighted by Gasteiger charge is -2.38. The van der Waals surface area contributed by atoms with E-state index >= 15 is 0 Å². The standard InChI is InChI=1S/C18H28N2/c1-18(2)10-3-11-20(14-18)13-16-6-4-15(5-7-16)12-19-17-8-9-17/h4-7,17,19H,3,8-14H2,1-2H3. The van der Waals surface area contributed by atoms with Crippen molar-refractivity contribution in [2.45, 2.75) is 58.7 Å². The Morgan fingerprint density at radius 2 is 1.85 bits per heavy atom. The molecule has 1 saturated heterocycles. The van der Waals surface area contributed by atoms with E-state index in [0.29, 0.717) is 5.41 Å². The second-order valence-corrected chi connectivity index (χ2v) is 7.45. The average molecular weight is 272 g/mol. The third kappa shape index (κ3) is 4.07. The van der Waals surface area contributed by atoms with E-state index < -0.39 is 0 Å². The van der Waals surface area contributed by atoms with Gasteiger partial charge in [0.1, 0.15) is 0 Å². The summed E-state index contributed by atoms with van der Waals surface area (Å²) in [5, 5.41) is 3.57. The first-order valence-electron chi connectivity index (χ1n) is 8.14. The lowest BCUT2D eigenvalue weighted by atomic mass is 9.84. The third-order valence-corrected chi connectivity index (χ3v) is 4.58. The molecule has 2 heteroatoms. The molecule has 20 heavy (non-hydrogen) atoms. The van der Waals surface area contributed by atoms with Crippen LogP contribution < -0.4 is 5.32 Å². The Hall–Kier alpha value is -0.860. The Balaban J connectivity index is 1.51. The molecule has 0 unspecified atom stereocenters. The zero-order valence-electron chi connectivity index (χ0n) is 13.0. The largest absolute Gasteiger partial charge is 0.310 e. The molecule has 0 radical (unpaired) electrons. The van der Waals surface area contributed by atoms with Gasteiger partial charge in [-0.1, -0.05) is 38.1 Å². The first kappa shape index (κ1) is 14.1. The molecule has 0 bridgehead atoms. The van der Waals surface area contributed by atoms with Crippen LogP contribution in [0.3, 0.4) is 0 Å². The van der Waals surface area contributed by atoms with Crippen LogP contribution in [0.25, 0.3) is 0 Å². The minimum absolute atomic E-state index is 0.492. The van der Waals surface area contributed by atoms with E-state index in [1.165, 1.54) is 49.9 Å². The van der Waals surface area contributed by atoms with E-state index in [-0.39, 0.29) is 0 Å². The van der Waals surface area contributed by atoms with Crippen LogP contribution in [0.15, 0.2) is 24.3 Å². The van der Waals surface area contributed by atoms with Gasteiger partial charge in [-0.2, -0.15) is 0 Å². The van der Waals surface area contributed by atoms with Crippen LogP contribution in [0.4, 0.5) is 0 Å². The number of rotatable bonds is 5. The van der Waals surface area contributed by atoms with Gasteiger partial charge in [-0.3, -0.25) is 4.90 Å². The average Bonchev–Trinajstić information content (AvgIpc) is 3.21. The molecule has 2 aliphatic rings. The predicted octanol–water partition coefficient (Wildman–Crippen LogP) is 3.56. The van der Waals surface area contributed by atoms with E-state index in [1.54, 1.807) is 0 Å². The number of piperidine rings is 1. The van der Waals surface area contributed by atoms with Gasteiger partial charge in [-0.05, 0) is 48.8 Å². The summed E-state index contributed by atoms with van der Waals surface area (Å²) in [6.45, 7) is 9.42.